The molecule has 0 saturated carbocycles. The van der Waals surface area contributed by atoms with Crippen molar-refractivity contribution in [1.82, 2.24) is 34.2 Å². The van der Waals surface area contributed by atoms with Gasteiger partial charge in [-0.25, -0.2) is 4.79 Å². The zero-order chi connectivity index (χ0) is 24.0. The normalized spacial score (nSPS) is 14.6. The molecule has 4 aromatic rings. The average molecular weight is 505 g/mol. The third kappa shape index (κ3) is 3.89. The average Bonchev–Trinajstić information content (AvgIpc) is 3.34. The van der Waals surface area contributed by atoms with Gasteiger partial charge in [-0.3, -0.25) is 18.5 Å². The molecule has 0 bridgehead atoms. The molecule has 11 nitrogen and oxygen atoms in total. The van der Waals surface area contributed by atoms with Gasteiger partial charge in [0.25, 0.3) is 5.56 Å². The molecule has 0 spiro atoms. The highest BCUT2D eigenvalue weighted by Crippen LogP contribution is 2.28. The first-order valence-electron chi connectivity index (χ1n) is 10.7. The molecule has 1 N–H and O–H groups in total. The number of anilines is 1. The molecule has 5 rings (SSSR count). The number of benzene rings is 1. The van der Waals surface area contributed by atoms with E-state index in [9.17, 15) is 9.59 Å². The summed E-state index contributed by atoms with van der Waals surface area (Å²) in [5.74, 6) is 1.13. The summed E-state index contributed by atoms with van der Waals surface area (Å²) in [5.41, 5.74) is 0.358. The summed E-state index contributed by atoms with van der Waals surface area (Å²) < 4.78 is 10.1. The first-order valence-corrected chi connectivity index (χ1v) is 11.5. The molecule has 0 atom stereocenters. The number of hydrogen-bond donors (Lipinski definition) is 1. The van der Waals surface area contributed by atoms with Crippen molar-refractivity contribution in [2.75, 3.05) is 31.1 Å². The van der Waals surface area contributed by atoms with E-state index in [1.165, 1.54) is 11.6 Å². The molecule has 1 fully saturated rings. The molecule has 0 amide bonds. The number of imidazole rings is 1. The predicted molar refractivity (Wildman–Crippen MR) is 129 cm³/mol. The molecular formula is C21H22Cl2N8O3. The molecule has 34 heavy (non-hydrogen) atoms. The van der Waals surface area contributed by atoms with Gasteiger partial charge in [0.2, 0.25) is 17.7 Å². The molecule has 0 unspecified atom stereocenters. The van der Waals surface area contributed by atoms with Crippen LogP contribution in [0.1, 0.15) is 12.3 Å². The molecule has 1 aliphatic rings. The van der Waals surface area contributed by atoms with Gasteiger partial charge in [0.1, 0.15) is 6.54 Å². The van der Waals surface area contributed by atoms with Gasteiger partial charge in [0.15, 0.2) is 11.2 Å². The zero-order valence-corrected chi connectivity index (χ0v) is 20.1. The molecule has 1 aliphatic heterocycles. The molecule has 13 heteroatoms. The van der Waals surface area contributed by atoms with E-state index in [1.54, 1.807) is 29.8 Å². The summed E-state index contributed by atoms with van der Waals surface area (Å²) in [7, 11) is 3.05. The summed E-state index contributed by atoms with van der Waals surface area (Å²) in [6.45, 7) is 3.24. The van der Waals surface area contributed by atoms with E-state index in [0.717, 1.165) is 30.6 Å². The Morgan fingerprint density at radius 1 is 1.06 bits per heavy atom. The van der Waals surface area contributed by atoms with Crippen LogP contribution in [-0.2, 0) is 20.6 Å². The summed E-state index contributed by atoms with van der Waals surface area (Å²) in [6, 6.07) is 5.04. The number of nitrogens with zero attached hydrogens (tertiary/aromatic N) is 7. The van der Waals surface area contributed by atoms with Crippen LogP contribution in [0.25, 0.3) is 22.6 Å². The minimum atomic E-state index is -0.439. The van der Waals surface area contributed by atoms with Gasteiger partial charge in [-0.15, -0.1) is 10.2 Å². The molecule has 1 saturated heterocycles. The Morgan fingerprint density at radius 3 is 2.68 bits per heavy atom. The van der Waals surface area contributed by atoms with E-state index in [-0.39, 0.29) is 18.3 Å². The fraction of sp³-hybridized carbons (Fsp3) is 0.381. The third-order valence-electron chi connectivity index (χ3n) is 5.88. The van der Waals surface area contributed by atoms with Crippen molar-refractivity contribution in [3.8, 4) is 11.5 Å². The molecule has 4 heterocycles. The lowest BCUT2D eigenvalue weighted by Gasteiger charge is -2.21. The highest BCUT2D eigenvalue weighted by Gasteiger charge is 2.25. The standard InChI is InChI=1S/C21H22Cl2N8O3/c1-28-17-16(19(32)29(2)21(28)33)31(20(25-17)30-8-3-6-24-7-9-30)11-15-26-27-18(34-15)12-4-5-13(22)14(23)10-12/h4-5,10,24H,3,6-9,11H2,1-2H3. The van der Waals surface area contributed by atoms with Crippen LogP contribution in [0.5, 0.6) is 0 Å². The van der Waals surface area contributed by atoms with Crippen LogP contribution in [0.2, 0.25) is 10.0 Å². The van der Waals surface area contributed by atoms with Gasteiger partial charge >= 0.3 is 5.69 Å². The van der Waals surface area contributed by atoms with E-state index in [2.05, 4.69) is 20.4 Å². The monoisotopic (exact) mass is 504 g/mol. The van der Waals surface area contributed by atoms with Crippen LogP contribution in [0.3, 0.4) is 0 Å². The smallest absolute Gasteiger partial charge is 0.332 e. The first-order chi connectivity index (χ1) is 16.3. The second kappa shape index (κ2) is 8.90. The van der Waals surface area contributed by atoms with Crippen LogP contribution in [0.15, 0.2) is 32.2 Å². The number of aromatic nitrogens is 6. The van der Waals surface area contributed by atoms with Gasteiger partial charge < -0.3 is 14.6 Å². The van der Waals surface area contributed by atoms with Gasteiger partial charge in [-0.1, -0.05) is 23.2 Å². The van der Waals surface area contributed by atoms with E-state index < -0.39 is 11.2 Å². The minimum absolute atomic E-state index is 0.109. The number of aryl methyl sites for hydroxylation is 1. The fourth-order valence-corrected chi connectivity index (χ4v) is 4.37. The van der Waals surface area contributed by atoms with Gasteiger partial charge in [-0.05, 0) is 31.2 Å². The maximum absolute atomic E-state index is 13.1. The first kappa shape index (κ1) is 22.6. The van der Waals surface area contributed by atoms with Crippen LogP contribution >= 0.6 is 23.2 Å². The number of halogens is 2. The molecule has 0 radical (unpaired) electrons. The fourth-order valence-electron chi connectivity index (χ4n) is 4.07. The summed E-state index contributed by atoms with van der Waals surface area (Å²) in [4.78, 5) is 32.5. The number of rotatable bonds is 4. The summed E-state index contributed by atoms with van der Waals surface area (Å²) in [5, 5.41) is 12.5. The topological polar surface area (TPSA) is 116 Å². The Balaban J connectivity index is 1.62. The third-order valence-corrected chi connectivity index (χ3v) is 6.62. The molecular weight excluding hydrogens is 483 g/mol. The van der Waals surface area contributed by atoms with Gasteiger partial charge in [0, 0.05) is 39.3 Å². The minimum Gasteiger partial charge on any atom is -0.419 e. The van der Waals surface area contributed by atoms with Crippen molar-refractivity contribution < 1.29 is 4.42 Å². The van der Waals surface area contributed by atoms with Crippen LogP contribution in [-0.4, -0.2) is 55.1 Å². The largest absolute Gasteiger partial charge is 0.419 e. The number of hydrogen-bond acceptors (Lipinski definition) is 8. The maximum atomic E-state index is 13.1. The van der Waals surface area contributed by atoms with Crippen LogP contribution in [0.4, 0.5) is 5.95 Å². The van der Waals surface area contributed by atoms with Crippen molar-refractivity contribution in [3.63, 3.8) is 0 Å². The van der Waals surface area contributed by atoms with Gasteiger partial charge in [0.05, 0.1) is 10.0 Å². The second-order valence-corrected chi connectivity index (χ2v) is 8.91. The zero-order valence-electron chi connectivity index (χ0n) is 18.6. The van der Waals surface area contributed by atoms with Crippen molar-refractivity contribution in [1.29, 1.82) is 0 Å². The number of fused-ring (bicyclic) bond motifs is 1. The Kier molecular flexibility index (Phi) is 5.92. The lowest BCUT2D eigenvalue weighted by molar-refractivity contribution is 0.489. The van der Waals surface area contributed by atoms with E-state index in [1.807, 2.05) is 0 Å². The molecule has 178 valence electrons. The van der Waals surface area contributed by atoms with E-state index in [4.69, 9.17) is 32.6 Å². The van der Waals surface area contributed by atoms with Crippen LogP contribution < -0.4 is 21.5 Å². The lowest BCUT2D eigenvalue weighted by atomic mass is 10.2. The molecule has 1 aromatic carbocycles. The summed E-state index contributed by atoms with van der Waals surface area (Å²) in [6.07, 6.45) is 0.919. The Morgan fingerprint density at radius 2 is 1.88 bits per heavy atom. The quantitative estimate of drug-likeness (QED) is 0.445. The predicted octanol–water partition coefficient (Wildman–Crippen LogP) is 1.64. The van der Waals surface area contributed by atoms with Crippen molar-refractivity contribution in [3.05, 3.63) is 55.0 Å². The Hall–Kier alpha value is -3.15. The maximum Gasteiger partial charge on any atom is 0.332 e. The SMILES string of the molecule is Cn1c(=O)c2c(nc(N3CCCNCC3)n2Cc2nnc(-c3ccc(Cl)c(Cl)c3)o2)n(C)c1=O. The molecule has 0 aliphatic carbocycles. The van der Waals surface area contributed by atoms with E-state index >= 15 is 0 Å². The summed E-state index contributed by atoms with van der Waals surface area (Å²) >= 11 is 12.1. The Bertz CT molecular complexity index is 1490. The van der Waals surface area contributed by atoms with Crippen molar-refractivity contribution in [2.45, 2.75) is 13.0 Å². The highest BCUT2D eigenvalue weighted by atomic mass is 35.5. The van der Waals surface area contributed by atoms with Crippen molar-refractivity contribution in [2.24, 2.45) is 14.1 Å². The van der Waals surface area contributed by atoms with E-state index in [0.29, 0.717) is 39.3 Å². The Labute approximate surface area is 203 Å². The van der Waals surface area contributed by atoms with Crippen molar-refractivity contribution >= 4 is 40.3 Å². The highest BCUT2D eigenvalue weighted by molar-refractivity contribution is 6.42. The lowest BCUT2D eigenvalue weighted by Crippen LogP contribution is -2.37. The van der Waals surface area contributed by atoms with Crippen LogP contribution in [0, 0.1) is 0 Å². The van der Waals surface area contributed by atoms with Gasteiger partial charge in [-0.2, -0.15) is 4.98 Å². The molecule has 3 aromatic heterocycles. The second-order valence-electron chi connectivity index (χ2n) is 8.10. The number of nitrogens with one attached hydrogen (secondary N) is 1.